The number of amides is 1. The normalized spacial score (nSPS) is 19.0. The topological polar surface area (TPSA) is 37.6 Å². The first kappa shape index (κ1) is 14.0. The first-order valence-electron chi connectivity index (χ1n) is 7.52. The Kier molecular flexibility index (Phi) is 3.50. The van der Waals surface area contributed by atoms with Gasteiger partial charge in [-0.05, 0) is 37.6 Å². The first-order valence-corrected chi connectivity index (χ1v) is 9.28. The molecule has 1 fully saturated rings. The number of hydrogen-bond acceptors (Lipinski definition) is 4. The molecule has 1 aliphatic rings. The minimum absolute atomic E-state index is 0.102. The van der Waals surface area contributed by atoms with Gasteiger partial charge in [-0.3, -0.25) is 9.20 Å². The standard InChI is InChI=1S/C16H17N3OS2/c1-11-17-14(16-18(11)8-10-22-16)12-5-2-3-7-19(12)15(20)13-6-4-9-21-13/h4,6,8-10,12H,2-3,5,7H2,1H3/t12-/m0/s1. The van der Waals surface area contributed by atoms with Crippen LogP contribution in [0, 0.1) is 6.92 Å². The Morgan fingerprint density at radius 1 is 1.32 bits per heavy atom. The van der Waals surface area contributed by atoms with Crippen molar-refractivity contribution in [3.63, 3.8) is 0 Å². The van der Waals surface area contributed by atoms with Gasteiger partial charge >= 0.3 is 0 Å². The Labute approximate surface area is 137 Å². The lowest BCUT2D eigenvalue weighted by Crippen LogP contribution is -2.38. The smallest absolute Gasteiger partial charge is 0.264 e. The zero-order chi connectivity index (χ0) is 15.1. The van der Waals surface area contributed by atoms with Crippen molar-refractivity contribution in [1.29, 1.82) is 0 Å². The van der Waals surface area contributed by atoms with E-state index < -0.39 is 0 Å². The molecule has 1 saturated heterocycles. The van der Waals surface area contributed by atoms with E-state index in [1.54, 1.807) is 11.3 Å². The highest BCUT2D eigenvalue weighted by molar-refractivity contribution is 7.15. The van der Waals surface area contributed by atoms with E-state index in [1.807, 2.05) is 29.3 Å². The Balaban J connectivity index is 1.74. The number of nitrogens with zero attached hydrogens (tertiary/aromatic N) is 3. The Morgan fingerprint density at radius 2 is 2.23 bits per heavy atom. The molecule has 1 atom stereocenters. The van der Waals surface area contributed by atoms with Crippen molar-refractivity contribution >= 4 is 33.4 Å². The number of thiophene rings is 1. The van der Waals surface area contributed by atoms with Crippen LogP contribution in [0.4, 0.5) is 0 Å². The van der Waals surface area contributed by atoms with Crippen LogP contribution in [0.5, 0.6) is 0 Å². The number of likely N-dealkylation sites (tertiary alicyclic amines) is 1. The number of piperidine rings is 1. The molecule has 3 aromatic heterocycles. The molecule has 4 heterocycles. The predicted octanol–water partition coefficient (Wildman–Crippen LogP) is 4.13. The summed E-state index contributed by atoms with van der Waals surface area (Å²) in [4.78, 5) is 21.6. The summed E-state index contributed by atoms with van der Waals surface area (Å²) in [7, 11) is 0. The van der Waals surface area contributed by atoms with E-state index in [-0.39, 0.29) is 11.9 Å². The van der Waals surface area contributed by atoms with Gasteiger partial charge in [-0.15, -0.1) is 22.7 Å². The highest BCUT2D eigenvalue weighted by atomic mass is 32.1. The van der Waals surface area contributed by atoms with Crippen LogP contribution in [0.1, 0.15) is 46.5 Å². The molecule has 1 aliphatic heterocycles. The Bertz CT molecular complexity index is 803. The monoisotopic (exact) mass is 331 g/mol. The van der Waals surface area contributed by atoms with Crippen LogP contribution in [0.15, 0.2) is 29.1 Å². The van der Waals surface area contributed by atoms with E-state index in [4.69, 9.17) is 4.98 Å². The lowest BCUT2D eigenvalue weighted by Gasteiger charge is -2.34. The summed E-state index contributed by atoms with van der Waals surface area (Å²) in [6.07, 6.45) is 5.29. The molecule has 1 amide bonds. The number of carbonyl (C=O) groups is 1. The average molecular weight is 331 g/mol. The number of rotatable bonds is 2. The number of imidazole rings is 1. The van der Waals surface area contributed by atoms with E-state index >= 15 is 0 Å². The summed E-state index contributed by atoms with van der Waals surface area (Å²) < 4.78 is 2.13. The van der Waals surface area contributed by atoms with E-state index in [2.05, 4.69) is 16.0 Å². The van der Waals surface area contributed by atoms with Crippen molar-refractivity contribution in [3.8, 4) is 0 Å². The number of hydrogen-bond donors (Lipinski definition) is 0. The molecule has 6 heteroatoms. The zero-order valence-corrected chi connectivity index (χ0v) is 14.0. The number of carbonyl (C=O) groups excluding carboxylic acids is 1. The SMILES string of the molecule is Cc1nc([C@@H]2CCCCN2C(=O)c2cccs2)c2sccn12. The fourth-order valence-corrected chi connectivity index (χ4v) is 4.81. The van der Waals surface area contributed by atoms with Crippen LogP contribution in [-0.2, 0) is 0 Å². The largest absolute Gasteiger partial charge is 0.329 e. The van der Waals surface area contributed by atoms with Crippen LogP contribution in [-0.4, -0.2) is 26.7 Å². The molecule has 114 valence electrons. The number of aromatic nitrogens is 2. The summed E-state index contributed by atoms with van der Waals surface area (Å²) >= 11 is 3.22. The van der Waals surface area contributed by atoms with Gasteiger partial charge in [-0.2, -0.15) is 0 Å². The van der Waals surface area contributed by atoms with Gasteiger partial charge in [0.1, 0.15) is 10.7 Å². The van der Waals surface area contributed by atoms with E-state index in [0.29, 0.717) is 0 Å². The molecule has 0 unspecified atom stereocenters. The van der Waals surface area contributed by atoms with Crippen molar-refractivity contribution in [2.24, 2.45) is 0 Å². The molecular weight excluding hydrogens is 314 g/mol. The molecule has 4 rings (SSSR count). The third-order valence-corrected chi connectivity index (χ3v) is 6.01. The minimum Gasteiger partial charge on any atom is -0.329 e. The first-order chi connectivity index (χ1) is 10.8. The second kappa shape index (κ2) is 5.52. The molecule has 4 nitrogen and oxygen atoms in total. The van der Waals surface area contributed by atoms with Gasteiger partial charge in [0.05, 0.1) is 16.6 Å². The molecular formula is C16H17N3OS2. The molecule has 0 spiro atoms. The predicted molar refractivity (Wildman–Crippen MR) is 89.8 cm³/mol. The molecule has 0 bridgehead atoms. The zero-order valence-electron chi connectivity index (χ0n) is 12.4. The summed E-state index contributed by atoms with van der Waals surface area (Å²) in [5.74, 6) is 1.15. The van der Waals surface area contributed by atoms with E-state index in [0.717, 1.165) is 42.2 Å². The number of thiazole rings is 1. The lowest BCUT2D eigenvalue weighted by atomic mass is 9.99. The highest BCUT2D eigenvalue weighted by Crippen LogP contribution is 2.36. The molecule has 0 N–H and O–H groups in total. The molecule has 3 aromatic rings. The van der Waals surface area contributed by atoms with E-state index in [9.17, 15) is 4.79 Å². The van der Waals surface area contributed by atoms with Gasteiger partial charge in [-0.25, -0.2) is 4.98 Å². The van der Waals surface area contributed by atoms with Gasteiger partial charge in [0.15, 0.2) is 0 Å². The van der Waals surface area contributed by atoms with Gasteiger partial charge < -0.3 is 4.90 Å². The van der Waals surface area contributed by atoms with E-state index in [1.165, 1.54) is 16.2 Å². The molecule has 0 aromatic carbocycles. The van der Waals surface area contributed by atoms with Crippen LogP contribution in [0.25, 0.3) is 4.83 Å². The van der Waals surface area contributed by atoms with Gasteiger partial charge in [0, 0.05) is 18.1 Å². The maximum Gasteiger partial charge on any atom is 0.264 e. The number of aryl methyl sites for hydroxylation is 1. The highest BCUT2D eigenvalue weighted by Gasteiger charge is 2.32. The lowest BCUT2D eigenvalue weighted by molar-refractivity contribution is 0.0613. The second-order valence-corrected chi connectivity index (χ2v) is 7.45. The van der Waals surface area contributed by atoms with Crippen molar-refractivity contribution in [3.05, 3.63) is 45.5 Å². The van der Waals surface area contributed by atoms with Crippen LogP contribution >= 0.6 is 22.7 Å². The molecule has 0 saturated carbocycles. The quantitative estimate of drug-likeness (QED) is 0.708. The van der Waals surface area contributed by atoms with Gasteiger partial charge in [0.25, 0.3) is 5.91 Å². The number of fused-ring (bicyclic) bond motifs is 1. The Hall–Kier alpha value is -1.66. The molecule has 0 aliphatic carbocycles. The van der Waals surface area contributed by atoms with Crippen LogP contribution in [0.2, 0.25) is 0 Å². The maximum atomic E-state index is 12.8. The molecule has 0 radical (unpaired) electrons. The van der Waals surface area contributed by atoms with Crippen molar-refractivity contribution < 1.29 is 4.79 Å². The Morgan fingerprint density at radius 3 is 3.05 bits per heavy atom. The molecule has 22 heavy (non-hydrogen) atoms. The summed E-state index contributed by atoms with van der Waals surface area (Å²) in [5, 5.41) is 4.05. The summed E-state index contributed by atoms with van der Waals surface area (Å²) in [5.41, 5.74) is 1.07. The van der Waals surface area contributed by atoms with Crippen molar-refractivity contribution in [2.45, 2.75) is 32.2 Å². The minimum atomic E-state index is 0.102. The third-order valence-electron chi connectivity index (χ3n) is 4.27. The fourth-order valence-electron chi connectivity index (χ4n) is 3.21. The second-order valence-electron chi connectivity index (χ2n) is 5.61. The average Bonchev–Trinajstić information content (AvgIpc) is 3.26. The van der Waals surface area contributed by atoms with Crippen LogP contribution < -0.4 is 0 Å². The van der Waals surface area contributed by atoms with Gasteiger partial charge in [0.2, 0.25) is 0 Å². The van der Waals surface area contributed by atoms with Crippen molar-refractivity contribution in [2.75, 3.05) is 6.54 Å². The maximum absolute atomic E-state index is 12.8. The van der Waals surface area contributed by atoms with Gasteiger partial charge in [-0.1, -0.05) is 6.07 Å². The fraction of sp³-hybridized carbons (Fsp3) is 0.375. The van der Waals surface area contributed by atoms with Crippen LogP contribution in [0.3, 0.4) is 0 Å². The van der Waals surface area contributed by atoms with Crippen molar-refractivity contribution in [1.82, 2.24) is 14.3 Å². The summed E-state index contributed by atoms with van der Waals surface area (Å²) in [6.45, 7) is 2.85. The third kappa shape index (κ3) is 2.18. The summed E-state index contributed by atoms with van der Waals surface area (Å²) in [6, 6.07) is 3.96.